The number of hydrogen-bond donors (Lipinski definition) is 1. The van der Waals surface area contributed by atoms with Crippen LogP contribution in [0.5, 0.6) is 5.75 Å². The molecule has 0 aliphatic heterocycles. The predicted octanol–water partition coefficient (Wildman–Crippen LogP) is 1.95. The molecule has 0 fully saturated rings. The third-order valence-corrected chi connectivity index (χ3v) is 3.72. The third kappa shape index (κ3) is 3.36. The van der Waals surface area contributed by atoms with Gasteiger partial charge in [0.25, 0.3) is 5.69 Å². The molecule has 0 saturated carbocycles. The summed E-state index contributed by atoms with van der Waals surface area (Å²) < 4.78 is 6.50. The Labute approximate surface area is 147 Å². The summed E-state index contributed by atoms with van der Waals surface area (Å²) in [5.74, 6) is -0.174. The maximum Gasteiger partial charge on any atom is 0.271 e. The molecular formula is C17H14N4O5. The standard InChI is InChI=1S/C17H14N4O5/c1-26-16-7-6-11(21(24)25)8-13(16)19-17(23)10-20-14-5-3-2-4-12(14)15(22)9-18-20/h2-9H,10H2,1H3,(H,19,23). The molecule has 132 valence electrons. The molecule has 26 heavy (non-hydrogen) atoms. The first-order chi connectivity index (χ1) is 12.5. The van der Waals surface area contributed by atoms with E-state index in [4.69, 9.17) is 4.74 Å². The lowest BCUT2D eigenvalue weighted by Gasteiger charge is -2.12. The second kappa shape index (κ2) is 7.01. The summed E-state index contributed by atoms with van der Waals surface area (Å²) in [6, 6.07) is 10.7. The van der Waals surface area contributed by atoms with Crippen LogP contribution in [0.2, 0.25) is 0 Å². The van der Waals surface area contributed by atoms with Crippen molar-refractivity contribution in [2.75, 3.05) is 12.4 Å². The number of methoxy groups -OCH3 is 1. The molecule has 2 aromatic carbocycles. The van der Waals surface area contributed by atoms with Crippen LogP contribution in [-0.2, 0) is 11.3 Å². The van der Waals surface area contributed by atoms with Gasteiger partial charge >= 0.3 is 0 Å². The Morgan fingerprint density at radius 1 is 1.31 bits per heavy atom. The molecule has 1 heterocycles. The maximum atomic E-state index is 12.4. The van der Waals surface area contributed by atoms with Crippen LogP contribution >= 0.6 is 0 Å². The van der Waals surface area contributed by atoms with Crippen molar-refractivity contribution in [1.29, 1.82) is 0 Å². The number of ether oxygens (including phenoxy) is 1. The molecule has 0 atom stereocenters. The quantitative estimate of drug-likeness (QED) is 0.553. The number of carbonyl (C=O) groups is 1. The number of rotatable bonds is 5. The second-order valence-corrected chi connectivity index (χ2v) is 5.37. The van der Waals surface area contributed by atoms with Crippen molar-refractivity contribution in [3.05, 3.63) is 69.0 Å². The summed E-state index contributed by atoms with van der Waals surface area (Å²) in [5.41, 5.74) is 0.281. The highest BCUT2D eigenvalue weighted by molar-refractivity contribution is 5.93. The summed E-state index contributed by atoms with van der Waals surface area (Å²) >= 11 is 0. The Bertz CT molecular complexity index is 1060. The first-order valence-corrected chi connectivity index (χ1v) is 7.57. The van der Waals surface area contributed by atoms with Gasteiger partial charge in [0.2, 0.25) is 11.3 Å². The van der Waals surface area contributed by atoms with Gasteiger partial charge in [0.05, 0.1) is 29.4 Å². The van der Waals surface area contributed by atoms with Gasteiger partial charge in [-0.15, -0.1) is 0 Å². The molecular weight excluding hydrogens is 340 g/mol. The van der Waals surface area contributed by atoms with E-state index in [9.17, 15) is 19.7 Å². The molecule has 0 saturated heterocycles. The van der Waals surface area contributed by atoms with Crippen molar-refractivity contribution < 1.29 is 14.5 Å². The van der Waals surface area contributed by atoms with Gasteiger partial charge in [-0.1, -0.05) is 12.1 Å². The van der Waals surface area contributed by atoms with E-state index in [0.29, 0.717) is 16.7 Å². The number of aromatic nitrogens is 2. The highest BCUT2D eigenvalue weighted by atomic mass is 16.6. The molecule has 9 heteroatoms. The largest absolute Gasteiger partial charge is 0.495 e. The highest BCUT2D eigenvalue weighted by Gasteiger charge is 2.15. The van der Waals surface area contributed by atoms with Crippen LogP contribution in [0.15, 0.2) is 53.5 Å². The van der Waals surface area contributed by atoms with Crippen molar-refractivity contribution >= 4 is 28.2 Å². The number of para-hydroxylation sites is 1. The summed E-state index contributed by atoms with van der Waals surface area (Å²) in [4.78, 5) is 34.6. The lowest BCUT2D eigenvalue weighted by atomic mass is 10.2. The maximum absolute atomic E-state index is 12.4. The van der Waals surface area contributed by atoms with Gasteiger partial charge in [0.15, 0.2) is 0 Å². The molecule has 0 unspecified atom stereocenters. The molecule has 0 spiro atoms. The van der Waals surface area contributed by atoms with E-state index in [1.807, 2.05) is 0 Å². The lowest BCUT2D eigenvalue weighted by molar-refractivity contribution is -0.384. The van der Waals surface area contributed by atoms with Crippen molar-refractivity contribution in [3.63, 3.8) is 0 Å². The zero-order valence-corrected chi connectivity index (χ0v) is 13.7. The van der Waals surface area contributed by atoms with E-state index < -0.39 is 10.8 Å². The first kappa shape index (κ1) is 17.1. The smallest absolute Gasteiger partial charge is 0.271 e. The minimum absolute atomic E-state index is 0.173. The van der Waals surface area contributed by atoms with Gasteiger partial charge in [-0.2, -0.15) is 5.10 Å². The van der Waals surface area contributed by atoms with Crippen LogP contribution in [-0.4, -0.2) is 27.7 Å². The summed E-state index contributed by atoms with van der Waals surface area (Å²) in [5, 5.41) is 17.9. The van der Waals surface area contributed by atoms with Crippen LogP contribution in [0.25, 0.3) is 10.9 Å². The number of nitrogens with one attached hydrogen (secondary N) is 1. The Kier molecular flexibility index (Phi) is 4.61. The van der Waals surface area contributed by atoms with E-state index >= 15 is 0 Å². The highest BCUT2D eigenvalue weighted by Crippen LogP contribution is 2.28. The monoisotopic (exact) mass is 354 g/mol. The first-order valence-electron chi connectivity index (χ1n) is 7.57. The van der Waals surface area contributed by atoms with Gasteiger partial charge in [0.1, 0.15) is 12.3 Å². The van der Waals surface area contributed by atoms with E-state index in [-0.39, 0.29) is 23.3 Å². The molecule has 9 nitrogen and oxygen atoms in total. The summed E-state index contributed by atoms with van der Waals surface area (Å²) in [6.45, 7) is -0.174. The van der Waals surface area contributed by atoms with E-state index in [1.165, 1.54) is 30.0 Å². The summed E-state index contributed by atoms with van der Waals surface area (Å²) in [7, 11) is 1.40. The molecule has 0 aliphatic carbocycles. The average Bonchev–Trinajstić information content (AvgIpc) is 2.64. The fourth-order valence-electron chi connectivity index (χ4n) is 2.52. The second-order valence-electron chi connectivity index (χ2n) is 5.37. The fourth-order valence-corrected chi connectivity index (χ4v) is 2.52. The van der Waals surface area contributed by atoms with Gasteiger partial charge in [-0.05, 0) is 18.2 Å². The zero-order chi connectivity index (χ0) is 18.7. The van der Waals surface area contributed by atoms with Gasteiger partial charge in [-0.3, -0.25) is 24.4 Å². The van der Waals surface area contributed by atoms with Crippen molar-refractivity contribution in [2.24, 2.45) is 0 Å². The molecule has 0 aliphatic rings. The number of fused-ring (bicyclic) bond motifs is 1. The zero-order valence-electron chi connectivity index (χ0n) is 13.7. The van der Waals surface area contributed by atoms with Gasteiger partial charge < -0.3 is 10.1 Å². The molecule has 1 N–H and O–H groups in total. The number of carbonyl (C=O) groups excluding carboxylic acids is 1. The molecule has 1 aromatic heterocycles. The number of anilines is 1. The van der Waals surface area contributed by atoms with Crippen LogP contribution < -0.4 is 15.5 Å². The van der Waals surface area contributed by atoms with Crippen molar-refractivity contribution in [1.82, 2.24) is 9.78 Å². The number of benzene rings is 2. The number of nitrogens with zero attached hydrogens (tertiary/aromatic N) is 3. The topological polar surface area (TPSA) is 116 Å². The average molecular weight is 354 g/mol. The number of nitro benzene ring substituents is 1. The minimum Gasteiger partial charge on any atom is -0.495 e. The molecule has 1 amide bonds. The Morgan fingerprint density at radius 3 is 2.81 bits per heavy atom. The number of hydrogen-bond acceptors (Lipinski definition) is 6. The van der Waals surface area contributed by atoms with Crippen LogP contribution in [0, 0.1) is 10.1 Å². The predicted molar refractivity (Wildman–Crippen MR) is 94.3 cm³/mol. The molecule has 0 bridgehead atoms. The van der Waals surface area contributed by atoms with Gasteiger partial charge in [-0.25, -0.2) is 0 Å². The SMILES string of the molecule is COc1ccc([N+](=O)[O-])cc1NC(=O)Cn1ncc(=O)c2ccccc21. The van der Waals surface area contributed by atoms with Crippen molar-refractivity contribution in [2.45, 2.75) is 6.54 Å². The van der Waals surface area contributed by atoms with Crippen LogP contribution in [0.4, 0.5) is 11.4 Å². The van der Waals surface area contributed by atoms with Crippen LogP contribution in [0.3, 0.4) is 0 Å². The Hall–Kier alpha value is -3.75. The number of nitro groups is 1. The van der Waals surface area contributed by atoms with Crippen LogP contribution in [0.1, 0.15) is 0 Å². The number of amides is 1. The summed E-state index contributed by atoms with van der Waals surface area (Å²) in [6.07, 6.45) is 1.14. The number of non-ortho nitro benzene ring substituents is 1. The lowest BCUT2D eigenvalue weighted by Crippen LogP contribution is -2.22. The third-order valence-electron chi connectivity index (χ3n) is 3.72. The van der Waals surface area contributed by atoms with E-state index in [2.05, 4.69) is 10.4 Å². The van der Waals surface area contributed by atoms with E-state index in [1.54, 1.807) is 24.3 Å². The molecule has 3 aromatic rings. The molecule has 0 radical (unpaired) electrons. The van der Waals surface area contributed by atoms with E-state index in [0.717, 1.165) is 6.20 Å². The molecule has 3 rings (SSSR count). The van der Waals surface area contributed by atoms with Gasteiger partial charge in [0, 0.05) is 17.5 Å². The fraction of sp³-hybridized carbons (Fsp3) is 0.118. The normalized spacial score (nSPS) is 10.5. The van der Waals surface area contributed by atoms with Crippen molar-refractivity contribution in [3.8, 4) is 5.75 Å². The Morgan fingerprint density at radius 2 is 2.08 bits per heavy atom. The minimum atomic E-state index is -0.564. The Balaban J connectivity index is 1.89.